The van der Waals surface area contributed by atoms with Crippen LogP contribution in [0.25, 0.3) is 17.2 Å². The molecule has 0 aliphatic carbocycles. The topological polar surface area (TPSA) is 80.3 Å². The SMILES string of the molecule is CC(C)(C)c1nc(-c2ncn3c2C(C)(C)N(C(=O)N2CCCC2)c2c(Cl)cccc2-3)no1. The van der Waals surface area contributed by atoms with Crippen molar-refractivity contribution in [3.05, 3.63) is 41.1 Å². The first-order valence-electron chi connectivity index (χ1n) is 10.9. The second-order valence-corrected chi connectivity index (χ2v) is 10.4. The van der Waals surface area contributed by atoms with Crippen LogP contribution < -0.4 is 4.90 Å². The van der Waals surface area contributed by atoms with Crippen molar-refractivity contribution in [1.29, 1.82) is 0 Å². The van der Waals surface area contributed by atoms with Gasteiger partial charge in [-0.3, -0.25) is 9.47 Å². The lowest BCUT2D eigenvalue weighted by atomic mass is 9.91. The van der Waals surface area contributed by atoms with Gasteiger partial charge in [0, 0.05) is 18.5 Å². The minimum absolute atomic E-state index is 0.0521. The van der Waals surface area contributed by atoms with Gasteiger partial charge >= 0.3 is 6.03 Å². The number of rotatable bonds is 1. The van der Waals surface area contributed by atoms with Gasteiger partial charge in [0.25, 0.3) is 0 Å². The van der Waals surface area contributed by atoms with Crippen LogP contribution in [0.2, 0.25) is 5.02 Å². The molecule has 4 heterocycles. The molecule has 1 aromatic carbocycles. The monoisotopic (exact) mass is 454 g/mol. The molecule has 0 bridgehead atoms. The van der Waals surface area contributed by atoms with Gasteiger partial charge in [-0.15, -0.1) is 0 Å². The Labute approximate surface area is 192 Å². The molecule has 168 valence electrons. The van der Waals surface area contributed by atoms with Crippen molar-refractivity contribution in [1.82, 2.24) is 24.6 Å². The van der Waals surface area contributed by atoms with Crippen molar-refractivity contribution in [2.45, 2.75) is 58.4 Å². The quantitative estimate of drug-likeness (QED) is 0.508. The van der Waals surface area contributed by atoms with Crippen LogP contribution in [0.5, 0.6) is 0 Å². The fourth-order valence-electron chi connectivity index (χ4n) is 4.59. The number of nitrogens with zero attached hydrogens (tertiary/aromatic N) is 6. The van der Waals surface area contributed by atoms with Crippen LogP contribution in [0.15, 0.2) is 29.0 Å². The number of hydrogen-bond donors (Lipinski definition) is 0. The van der Waals surface area contributed by atoms with E-state index in [1.54, 1.807) is 11.2 Å². The molecule has 3 aromatic rings. The number of amides is 2. The summed E-state index contributed by atoms with van der Waals surface area (Å²) >= 11 is 6.67. The van der Waals surface area contributed by atoms with Crippen LogP contribution in [0.3, 0.4) is 0 Å². The number of urea groups is 1. The molecular formula is C23H27ClN6O2. The van der Waals surface area contributed by atoms with E-state index in [2.05, 4.69) is 15.1 Å². The predicted molar refractivity (Wildman–Crippen MR) is 122 cm³/mol. The molecule has 2 aliphatic rings. The lowest BCUT2D eigenvalue weighted by Crippen LogP contribution is -2.54. The zero-order valence-electron chi connectivity index (χ0n) is 19.0. The van der Waals surface area contributed by atoms with Crippen LogP contribution in [-0.2, 0) is 11.0 Å². The number of carbonyl (C=O) groups is 1. The summed E-state index contributed by atoms with van der Waals surface area (Å²) in [5, 5.41) is 4.74. The number of imidazole rings is 1. The zero-order valence-corrected chi connectivity index (χ0v) is 19.8. The maximum absolute atomic E-state index is 13.8. The molecule has 8 nitrogen and oxygen atoms in total. The van der Waals surface area contributed by atoms with Crippen molar-refractivity contribution >= 4 is 23.3 Å². The summed E-state index contributed by atoms with van der Waals surface area (Å²) in [6.45, 7) is 11.6. The van der Waals surface area contributed by atoms with Crippen LogP contribution in [0.1, 0.15) is 59.0 Å². The standard InChI is InChI=1S/C23H27ClN6O2/c1-22(2,3)20-26-19(27-32-20)16-18-23(4,5)30(21(31)28-11-6-7-12-28)17-14(24)9-8-10-15(17)29(18)13-25-16/h8-10,13H,6-7,11-12H2,1-5H3. The third-order valence-corrected chi connectivity index (χ3v) is 6.51. The maximum atomic E-state index is 13.8. The zero-order chi connectivity index (χ0) is 22.8. The smallest absolute Gasteiger partial charge is 0.325 e. The number of fused-ring (bicyclic) bond motifs is 3. The van der Waals surface area contributed by atoms with Crippen LogP contribution in [0.4, 0.5) is 10.5 Å². The first-order valence-corrected chi connectivity index (χ1v) is 11.3. The highest BCUT2D eigenvalue weighted by Crippen LogP contribution is 2.48. The van der Waals surface area contributed by atoms with Crippen molar-refractivity contribution < 1.29 is 9.32 Å². The van der Waals surface area contributed by atoms with E-state index in [4.69, 9.17) is 16.1 Å². The second kappa shape index (κ2) is 7.07. The number of hydrogen-bond acceptors (Lipinski definition) is 5. The van der Waals surface area contributed by atoms with E-state index in [9.17, 15) is 4.79 Å². The highest BCUT2D eigenvalue weighted by atomic mass is 35.5. The molecule has 0 saturated carbocycles. The molecule has 9 heteroatoms. The first kappa shape index (κ1) is 21.0. The number of likely N-dealkylation sites (tertiary alicyclic amines) is 1. The molecule has 0 atom stereocenters. The number of para-hydroxylation sites is 1. The number of anilines is 1. The number of halogens is 1. The summed E-state index contributed by atoms with van der Waals surface area (Å²) in [5.41, 5.74) is 1.87. The minimum Gasteiger partial charge on any atom is -0.338 e. The highest BCUT2D eigenvalue weighted by Gasteiger charge is 2.47. The largest absolute Gasteiger partial charge is 0.338 e. The lowest BCUT2D eigenvalue weighted by Gasteiger charge is -2.45. The molecule has 0 unspecified atom stereocenters. The van der Waals surface area contributed by atoms with E-state index >= 15 is 0 Å². The number of carbonyl (C=O) groups excluding carboxylic acids is 1. The Morgan fingerprint density at radius 1 is 1.19 bits per heavy atom. The third kappa shape index (κ3) is 3.03. The molecule has 0 radical (unpaired) electrons. The van der Waals surface area contributed by atoms with E-state index in [1.165, 1.54) is 0 Å². The Morgan fingerprint density at radius 2 is 1.91 bits per heavy atom. The molecule has 2 aliphatic heterocycles. The van der Waals surface area contributed by atoms with Gasteiger partial charge < -0.3 is 9.42 Å². The summed E-state index contributed by atoms with van der Waals surface area (Å²) < 4.78 is 7.52. The van der Waals surface area contributed by atoms with Gasteiger partial charge in [0.05, 0.1) is 27.6 Å². The van der Waals surface area contributed by atoms with Gasteiger partial charge in [0.1, 0.15) is 12.0 Å². The number of aromatic nitrogens is 4. The summed E-state index contributed by atoms with van der Waals surface area (Å²) in [5.74, 6) is 0.951. The Hall–Kier alpha value is -2.87. The molecule has 0 N–H and O–H groups in total. The molecular weight excluding hydrogens is 428 g/mol. The van der Waals surface area contributed by atoms with Crippen molar-refractivity contribution in [3.8, 4) is 17.2 Å². The van der Waals surface area contributed by atoms with Gasteiger partial charge in [-0.2, -0.15) is 4.98 Å². The van der Waals surface area contributed by atoms with E-state index in [-0.39, 0.29) is 11.4 Å². The molecule has 32 heavy (non-hydrogen) atoms. The fraction of sp³-hybridized carbons (Fsp3) is 0.478. The average molecular weight is 455 g/mol. The van der Waals surface area contributed by atoms with Gasteiger partial charge in [-0.05, 0) is 38.8 Å². The van der Waals surface area contributed by atoms with Crippen molar-refractivity contribution in [2.24, 2.45) is 0 Å². The van der Waals surface area contributed by atoms with Crippen LogP contribution in [-0.4, -0.2) is 43.7 Å². The average Bonchev–Trinajstić information content (AvgIpc) is 3.47. The normalized spacial score (nSPS) is 17.4. The number of benzene rings is 1. The minimum atomic E-state index is -0.758. The predicted octanol–water partition coefficient (Wildman–Crippen LogP) is 5.14. The molecule has 2 aromatic heterocycles. The summed E-state index contributed by atoms with van der Waals surface area (Å²) in [7, 11) is 0. The lowest BCUT2D eigenvalue weighted by molar-refractivity contribution is 0.207. The summed E-state index contributed by atoms with van der Waals surface area (Å²) in [6.07, 6.45) is 3.76. The van der Waals surface area contributed by atoms with Crippen LogP contribution >= 0.6 is 11.6 Å². The Kier molecular flexibility index (Phi) is 4.64. The van der Waals surface area contributed by atoms with Gasteiger partial charge in [0.2, 0.25) is 11.7 Å². The first-order chi connectivity index (χ1) is 15.1. The van der Waals surface area contributed by atoms with Gasteiger partial charge in [-0.25, -0.2) is 9.78 Å². The van der Waals surface area contributed by atoms with Crippen molar-refractivity contribution in [2.75, 3.05) is 18.0 Å². The fourth-order valence-corrected chi connectivity index (χ4v) is 4.85. The maximum Gasteiger partial charge on any atom is 0.325 e. The van der Waals surface area contributed by atoms with Crippen molar-refractivity contribution in [3.63, 3.8) is 0 Å². The Balaban J connectivity index is 1.72. The third-order valence-electron chi connectivity index (χ3n) is 6.20. The summed E-state index contributed by atoms with van der Waals surface area (Å²) in [6, 6.07) is 5.60. The molecule has 2 amide bonds. The second-order valence-electron chi connectivity index (χ2n) is 9.96. The van der Waals surface area contributed by atoms with Gasteiger partial charge in [-0.1, -0.05) is 43.6 Å². The Bertz CT molecular complexity index is 1200. The van der Waals surface area contributed by atoms with Crippen LogP contribution in [0, 0.1) is 0 Å². The molecule has 5 rings (SSSR count). The summed E-state index contributed by atoms with van der Waals surface area (Å²) in [4.78, 5) is 26.7. The molecule has 1 saturated heterocycles. The van der Waals surface area contributed by atoms with E-state index in [0.29, 0.717) is 28.1 Å². The van der Waals surface area contributed by atoms with E-state index in [1.807, 2.05) is 62.3 Å². The molecule has 0 spiro atoms. The van der Waals surface area contributed by atoms with E-state index in [0.717, 1.165) is 37.3 Å². The molecule has 1 fully saturated rings. The van der Waals surface area contributed by atoms with Gasteiger partial charge in [0.15, 0.2) is 0 Å². The highest BCUT2D eigenvalue weighted by molar-refractivity contribution is 6.34. The Morgan fingerprint density at radius 3 is 2.56 bits per heavy atom. The van der Waals surface area contributed by atoms with E-state index < -0.39 is 5.54 Å².